The molecule has 0 radical (unpaired) electrons. The zero-order chi connectivity index (χ0) is 16.9. The molecule has 0 aliphatic carbocycles. The quantitative estimate of drug-likeness (QED) is 0.597. The van der Waals surface area contributed by atoms with E-state index in [1.54, 1.807) is 24.4 Å². The molecule has 0 spiro atoms. The zero-order valence-corrected chi connectivity index (χ0v) is 13.2. The van der Waals surface area contributed by atoms with E-state index in [9.17, 15) is 9.90 Å². The Balaban J connectivity index is 1.67. The molecular weight excluding hydrogens is 304 g/mol. The highest BCUT2D eigenvalue weighted by molar-refractivity contribution is 6.05. The SMILES string of the molecule is CC1CC(=O)NN=C1c1ccc(N/N=C/c2ccccc2O)cc1. The molecule has 3 N–H and O–H groups in total. The number of carbonyl (C=O) groups is 1. The van der Waals surface area contributed by atoms with Gasteiger partial charge in [0.15, 0.2) is 0 Å². The topological polar surface area (TPSA) is 86.1 Å². The van der Waals surface area contributed by atoms with Gasteiger partial charge in [0.05, 0.1) is 17.6 Å². The van der Waals surface area contributed by atoms with Crippen molar-refractivity contribution in [1.29, 1.82) is 0 Å². The first-order valence-electron chi connectivity index (χ1n) is 7.67. The average molecular weight is 322 g/mol. The van der Waals surface area contributed by atoms with E-state index >= 15 is 0 Å². The third kappa shape index (κ3) is 3.60. The summed E-state index contributed by atoms with van der Waals surface area (Å²) in [6.07, 6.45) is 2.01. The first-order chi connectivity index (χ1) is 11.6. The second kappa shape index (κ2) is 6.95. The molecule has 0 bridgehead atoms. The molecule has 0 saturated heterocycles. The Bertz CT molecular complexity index is 797. The number of phenols is 1. The molecule has 3 rings (SSSR count). The van der Waals surface area contributed by atoms with Crippen molar-refractivity contribution < 1.29 is 9.90 Å². The summed E-state index contributed by atoms with van der Waals surface area (Å²) in [5, 5.41) is 17.9. The Labute approximate surface area is 139 Å². The van der Waals surface area contributed by atoms with Gasteiger partial charge in [0, 0.05) is 17.9 Å². The van der Waals surface area contributed by atoms with Gasteiger partial charge in [0.2, 0.25) is 5.91 Å². The number of rotatable bonds is 4. The van der Waals surface area contributed by atoms with Crippen LogP contribution in [0.15, 0.2) is 58.7 Å². The minimum atomic E-state index is -0.0527. The fraction of sp³-hybridized carbons (Fsp3) is 0.167. The molecule has 1 unspecified atom stereocenters. The highest BCUT2D eigenvalue weighted by Gasteiger charge is 2.21. The number of anilines is 1. The van der Waals surface area contributed by atoms with Crippen LogP contribution in [0.4, 0.5) is 5.69 Å². The van der Waals surface area contributed by atoms with Gasteiger partial charge in [-0.15, -0.1) is 0 Å². The van der Waals surface area contributed by atoms with Gasteiger partial charge in [-0.05, 0) is 29.8 Å². The lowest BCUT2D eigenvalue weighted by Gasteiger charge is -2.19. The fourth-order valence-electron chi connectivity index (χ4n) is 2.49. The Morgan fingerprint density at radius 3 is 2.71 bits per heavy atom. The summed E-state index contributed by atoms with van der Waals surface area (Å²) < 4.78 is 0. The van der Waals surface area contributed by atoms with Gasteiger partial charge in [-0.1, -0.05) is 31.2 Å². The molecule has 1 aliphatic heterocycles. The van der Waals surface area contributed by atoms with Crippen LogP contribution in [0.2, 0.25) is 0 Å². The molecule has 2 aromatic carbocycles. The van der Waals surface area contributed by atoms with E-state index in [2.05, 4.69) is 21.1 Å². The monoisotopic (exact) mass is 322 g/mol. The van der Waals surface area contributed by atoms with Gasteiger partial charge in [-0.2, -0.15) is 10.2 Å². The number of para-hydroxylation sites is 1. The van der Waals surface area contributed by atoms with E-state index in [1.807, 2.05) is 37.3 Å². The average Bonchev–Trinajstić information content (AvgIpc) is 2.57. The molecule has 0 saturated carbocycles. The fourth-order valence-corrected chi connectivity index (χ4v) is 2.49. The van der Waals surface area contributed by atoms with Crippen molar-refractivity contribution in [3.8, 4) is 5.75 Å². The second-order valence-electron chi connectivity index (χ2n) is 5.64. The van der Waals surface area contributed by atoms with Crippen molar-refractivity contribution >= 4 is 23.5 Å². The standard InChI is InChI=1S/C18H18N4O2/c1-12-10-17(24)21-22-18(12)13-6-8-15(9-7-13)20-19-11-14-4-2-3-5-16(14)23/h2-9,11-12,20,23H,10H2,1H3,(H,21,24)/b19-11+. The van der Waals surface area contributed by atoms with Crippen LogP contribution in [0.5, 0.6) is 5.75 Å². The van der Waals surface area contributed by atoms with E-state index in [0.717, 1.165) is 17.0 Å². The Morgan fingerprint density at radius 1 is 1.25 bits per heavy atom. The van der Waals surface area contributed by atoms with Crippen molar-refractivity contribution in [1.82, 2.24) is 5.43 Å². The number of aromatic hydroxyl groups is 1. The van der Waals surface area contributed by atoms with Gasteiger partial charge in [-0.25, -0.2) is 5.43 Å². The molecule has 24 heavy (non-hydrogen) atoms. The minimum absolute atomic E-state index is 0.0527. The van der Waals surface area contributed by atoms with Gasteiger partial charge in [0.1, 0.15) is 5.75 Å². The molecule has 1 aliphatic rings. The van der Waals surface area contributed by atoms with Gasteiger partial charge in [0.25, 0.3) is 0 Å². The smallest absolute Gasteiger partial charge is 0.240 e. The maximum absolute atomic E-state index is 11.3. The normalized spacial score (nSPS) is 17.5. The summed E-state index contributed by atoms with van der Waals surface area (Å²) in [6.45, 7) is 1.99. The number of hydrazone groups is 2. The van der Waals surface area contributed by atoms with Crippen molar-refractivity contribution in [2.75, 3.05) is 5.43 Å². The Kier molecular flexibility index (Phi) is 4.56. The van der Waals surface area contributed by atoms with Crippen LogP contribution in [-0.4, -0.2) is 22.9 Å². The zero-order valence-electron chi connectivity index (χ0n) is 13.2. The van der Waals surface area contributed by atoms with E-state index in [4.69, 9.17) is 0 Å². The first kappa shape index (κ1) is 15.7. The maximum atomic E-state index is 11.3. The van der Waals surface area contributed by atoms with Crippen LogP contribution in [0.3, 0.4) is 0 Å². The third-order valence-electron chi connectivity index (χ3n) is 3.77. The van der Waals surface area contributed by atoms with Crippen LogP contribution in [0.1, 0.15) is 24.5 Å². The minimum Gasteiger partial charge on any atom is -0.507 e. The molecular formula is C18H18N4O2. The maximum Gasteiger partial charge on any atom is 0.240 e. The van der Waals surface area contributed by atoms with Gasteiger partial charge >= 0.3 is 0 Å². The number of nitrogens with one attached hydrogen (secondary N) is 2. The van der Waals surface area contributed by atoms with Crippen LogP contribution >= 0.6 is 0 Å². The number of hydrogen-bond donors (Lipinski definition) is 3. The number of phenolic OH excluding ortho intramolecular Hbond substituents is 1. The third-order valence-corrected chi connectivity index (χ3v) is 3.77. The lowest BCUT2D eigenvalue weighted by molar-refractivity contribution is -0.121. The summed E-state index contributed by atoms with van der Waals surface area (Å²) in [6, 6.07) is 14.6. The molecule has 122 valence electrons. The molecule has 6 heteroatoms. The molecule has 1 atom stereocenters. The molecule has 1 amide bonds. The van der Waals surface area contributed by atoms with Crippen molar-refractivity contribution in [3.05, 3.63) is 59.7 Å². The number of benzene rings is 2. The highest BCUT2D eigenvalue weighted by atomic mass is 16.3. The predicted octanol–water partition coefficient (Wildman–Crippen LogP) is 2.70. The number of carbonyl (C=O) groups excluding carboxylic acids is 1. The lowest BCUT2D eigenvalue weighted by Crippen LogP contribution is -2.31. The van der Waals surface area contributed by atoms with E-state index in [-0.39, 0.29) is 17.6 Å². The van der Waals surface area contributed by atoms with Crippen LogP contribution in [0.25, 0.3) is 0 Å². The van der Waals surface area contributed by atoms with Crippen molar-refractivity contribution in [2.24, 2.45) is 16.1 Å². The second-order valence-corrected chi connectivity index (χ2v) is 5.64. The van der Waals surface area contributed by atoms with Crippen LogP contribution in [-0.2, 0) is 4.79 Å². The molecule has 6 nitrogen and oxygen atoms in total. The predicted molar refractivity (Wildman–Crippen MR) is 94.2 cm³/mol. The van der Waals surface area contributed by atoms with Crippen LogP contribution < -0.4 is 10.9 Å². The molecule has 1 heterocycles. The van der Waals surface area contributed by atoms with E-state index in [0.29, 0.717) is 12.0 Å². The van der Waals surface area contributed by atoms with E-state index < -0.39 is 0 Å². The molecule has 0 fully saturated rings. The summed E-state index contributed by atoms with van der Waals surface area (Å²) in [7, 11) is 0. The molecule has 0 aromatic heterocycles. The number of nitrogens with zero attached hydrogens (tertiary/aromatic N) is 2. The van der Waals surface area contributed by atoms with Gasteiger partial charge in [-0.3, -0.25) is 10.2 Å². The van der Waals surface area contributed by atoms with Crippen molar-refractivity contribution in [3.63, 3.8) is 0 Å². The Morgan fingerprint density at radius 2 is 2.00 bits per heavy atom. The lowest BCUT2D eigenvalue weighted by atomic mass is 9.94. The van der Waals surface area contributed by atoms with Crippen molar-refractivity contribution in [2.45, 2.75) is 13.3 Å². The first-order valence-corrected chi connectivity index (χ1v) is 7.67. The summed E-state index contributed by atoms with van der Waals surface area (Å²) in [5.41, 5.74) is 8.74. The highest BCUT2D eigenvalue weighted by Crippen LogP contribution is 2.18. The summed E-state index contributed by atoms with van der Waals surface area (Å²) in [4.78, 5) is 11.3. The largest absolute Gasteiger partial charge is 0.507 e. The van der Waals surface area contributed by atoms with Crippen LogP contribution in [0, 0.1) is 5.92 Å². The molecule has 2 aromatic rings. The van der Waals surface area contributed by atoms with Gasteiger partial charge < -0.3 is 5.11 Å². The Hall–Kier alpha value is -3.15. The number of amides is 1. The number of hydrogen-bond acceptors (Lipinski definition) is 5. The van der Waals surface area contributed by atoms with E-state index in [1.165, 1.54) is 0 Å². The summed E-state index contributed by atoms with van der Waals surface area (Å²) in [5.74, 6) is 0.226. The summed E-state index contributed by atoms with van der Waals surface area (Å²) >= 11 is 0.